The summed E-state index contributed by atoms with van der Waals surface area (Å²) in [5.41, 5.74) is 0.661. The van der Waals surface area contributed by atoms with Crippen LogP contribution in [0.4, 0.5) is 0 Å². The lowest BCUT2D eigenvalue weighted by molar-refractivity contribution is -0.353. The lowest BCUT2D eigenvalue weighted by atomic mass is 9.96. The van der Waals surface area contributed by atoms with E-state index in [2.05, 4.69) is 0 Å². The third-order valence-electron chi connectivity index (χ3n) is 9.78. The highest BCUT2D eigenvalue weighted by molar-refractivity contribution is 5.91. The molecule has 4 aromatic carbocycles. The zero-order valence-electron chi connectivity index (χ0n) is 31.2. The molecule has 15 heteroatoms. The summed E-state index contributed by atoms with van der Waals surface area (Å²) in [5, 5.41) is 33.2. The Bertz CT molecular complexity index is 2260. The van der Waals surface area contributed by atoms with Crippen LogP contribution in [0.2, 0.25) is 0 Å². The molecule has 2 aliphatic rings. The molecule has 15 nitrogen and oxygen atoms in total. The van der Waals surface area contributed by atoms with Crippen LogP contribution in [0.3, 0.4) is 0 Å². The Hall–Kier alpha value is -5.94. The monoisotopic (exact) mass is 796 g/mol. The molecule has 0 bridgehead atoms. The van der Waals surface area contributed by atoms with Crippen molar-refractivity contribution < 1.29 is 67.3 Å². The summed E-state index contributed by atoms with van der Waals surface area (Å²) in [6.45, 7) is 2.53. The Kier molecular flexibility index (Phi) is 12.3. The number of ether oxygens (including phenoxy) is 7. The van der Waals surface area contributed by atoms with Crippen molar-refractivity contribution in [3.05, 3.63) is 148 Å². The molecule has 0 radical (unpaired) electrons. The van der Waals surface area contributed by atoms with Crippen LogP contribution in [0.25, 0.3) is 11.0 Å². The van der Waals surface area contributed by atoms with E-state index in [4.69, 9.17) is 37.6 Å². The second-order valence-corrected chi connectivity index (χ2v) is 13.7. The molecule has 0 aliphatic carbocycles. The minimum atomic E-state index is -1.82. The maximum absolute atomic E-state index is 13.8. The predicted octanol–water partition coefficient (Wildman–Crippen LogP) is 3.73. The molecule has 2 aliphatic heterocycles. The Morgan fingerprint density at radius 2 is 1.17 bits per heavy atom. The van der Waals surface area contributed by atoms with E-state index >= 15 is 0 Å². The van der Waals surface area contributed by atoms with Crippen LogP contribution in [0.15, 0.2) is 124 Å². The number of fused-ring (bicyclic) bond motifs is 1. The van der Waals surface area contributed by atoms with Gasteiger partial charge >= 0.3 is 23.5 Å². The van der Waals surface area contributed by atoms with Crippen molar-refractivity contribution in [3.63, 3.8) is 0 Å². The minimum absolute atomic E-state index is 0.0904. The van der Waals surface area contributed by atoms with Crippen molar-refractivity contribution in [3.8, 4) is 5.75 Å². The molecular formula is C43H40O15. The standard InChI is InChI=1S/C43H40O15/c1-23-20-32(45)53-30-21-28(18-19-29(23)30)52-42-36(34(47)33(46)31(22-44)54-42)58-43-38(57-41(50)27-16-10-5-11-17-27)37(56-40(49)26-14-8-4-9-15-26)35(24(2)51-43)55-39(48)25-12-6-3-7-13-25/h3-21,24,31,33-38,42-44,46-47H,22H2,1-2H3. The molecule has 302 valence electrons. The Morgan fingerprint density at radius 1 is 0.638 bits per heavy atom. The average Bonchev–Trinajstić information content (AvgIpc) is 3.23. The van der Waals surface area contributed by atoms with Gasteiger partial charge in [-0.05, 0) is 67.9 Å². The molecule has 7 rings (SSSR count). The first kappa shape index (κ1) is 40.3. The second kappa shape index (κ2) is 17.7. The van der Waals surface area contributed by atoms with Gasteiger partial charge in [-0.2, -0.15) is 0 Å². The molecule has 0 amide bonds. The number of aryl methyl sites for hydroxylation is 1. The first-order chi connectivity index (χ1) is 28.0. The fraction of sp³-hybridized carbons (Fsp3) is 0.302. The zero-order valence-corrected chi connectivity index (χ0v) is 31.2. The molecular weight excluding hydrogens is 756 g/mol. The van der Waals surface area contributed by atoms with Crippen molar-refractivity contribution in [2.75, 3.05) is 6.61 Å². The zero-order chi connectivity index (χ0) is 40.9. The average molecular weight is 797 g/mol. The summed E-state index contributed by atoms with van der Waals surface area (Å²) in [6.07, 6.45) is -15.7. The molecule has 2 saturated heterocycles. The molecule has 10 unspecified atom stereocenters. The third-order valence-corrected chi connectivity index (χ3v) is 9.78. The van der Waals surface area contributed by atoms with Gasteiger partial charge in [0, 0.05) is 17.5 Å². The fourth-order valence-electron chi connectivity index (χ4n) is 6.77. The number of rotatable bonds is 11. The summed E-state index contributed by atoms with van der Waals surface area (Å²) < 4.78 is 48.0. The predicted molar refractivity (Wildman–Crippen MR) is 202 cm³/mol. The van der Waals surface area contributed by atoms with Gasteiger partial charge in [0.15, 0.2) is 30.7 Å². The quantitative estimate of drug-likeness (QED) is 0.0990. The highest BCUT2D eigenvalue weighted by atomic mass is 16.8. The van der Waals surface area contributed by atoms with Gasteiger partial charge in [0.05, 0.1) is 29.4 Å². The SMILES string of the molecule is Cc1cc(=O)oc2cc(OC3OC(CO)C(O)C(O)C3OC3OC(C)C(OC(=O)c4ccccc4)C(OC(=O)c4ccccc4)C3OC(=O)c3ccccc3)ccc12. The number of aliphatic hydroxyl groups excluding tert-OH is 3. The lowest BCUT2D eigenvalue weighted by Gasteiger charge is -2.47. The molecule has 2 fully saturated rings. The van der Waals surface area contributed by atoms with Crippen molar-refractivity contribution in [1.29, 1.82) is 0 Å². The summed E-state index contributed by atoms with van der Waals surface area (Å²) >= 11 is 0. The van der Waals surface area contributed by atoms with Crippen LogP contribution in [0.5, 0.6) is 5.75 Å². The highest BCUT2D eigenvalue weighted by Crippen LogP contribution is 2.35. The van der Waals surface area contributed by atoms with Crippen molar-refractivity contribution in [2.24, 2.45) is 0 Å². The fourth-order valence-corrected chi connectivity index (χ4v) is 6.77. The first-order valence-electron chi connectivity index (χ1n) is 18.4. The van der Waals surface area contributed by atoms with Gasteiger partial charge in [0.2, 0.25) is 6.29 Å². The summed E-state index contributed by atoms with van der Waals surface area (Å²) in [6, 6.07) is 29.8. The Morgan fingerprint density at radius 3 is 1.72 bits per heavy atom. The van der Waals surface area contributed by atoms with E-state index in [9.17, 15) is 34.5 Å². The molecule has 1 aromatic heterocycles. The van der Waals surface area contributed by atoms with E-state index in [-0.39, 0.29) is 28.0 Å². The van der Waals surface area contributed by atoms with E-state index in [1.165, 1.54) is 55.5 Å². The smallest absolute Gasteiger partial charge is 0.338 e. The largest absolute Gasteiger partial charge is 0.462 e. The molecule has 5 aromatic rings. The van der Waals surface area contributed by atoms with Gasteiger partial charge in [-0.15, -0.1) is 0 Å². The summed E-state index contributed by atoms with van der Waals surface area (Å²) in [5.74, 6) is -2.46. The Labute approximate surface area is 331 Å². The van der Waals surface area contributed by atoms with Gasteiger partial charge in [-0.25, -0.2) is 19.2 Å². The van der Waals surface area contributed by atoms with Gasteiger partial charge in [-0.3, -0.25) is 0 Å². The van der Waals surface area contributed by atoms with Crippen LogP contribution in [0.1, 0.15) is 43.6 Å². The van der Waals surface area contributed by atoms with E-state index in [0.717, 1.165) is 0 Å². The third kappa shape index (κ3) is 8.79. The number of esters is 3. The van der Waals surface area contributed by atoms with E-state index in [0.29, 0.717) is 10.9 Å². The number of hydrogen-bond donors (Lipinski definition) is 3. The molecule has 58 heavy (non-hydrogen) atoms. The number of carbonyl (C=O) groups excluding carboxylic acids is 3. The number of carbonyl (C=O) groups is 3. The van der Waals surface area contributed by atoms with E-state index in [1.54, 1.807) is 73.7 Å². The van der Waals surface area contributed by atoms with Crippen molar-refractivity contribution in [1.82, 2.24) is 0 Å². The van der Waals surface area contributed by atoms with E-state index < -0.39 is 91.6 Å². The van der Waals surface area contributed by atoms with Crippen LogP contribution >= 0.6 is 0 Å². The molecule has 10 atom stereocenters. The number of benzene rings is 4. The Balaban J connectivity index is 1.26. The minimum Gasteiger partial charge on any atom is -0.462 e. The van der Waals surface area contributed by atoms with Crippen LogP contribution in [0, 0.1) is 6.92 Å². The molecule has 0 saturated carbocycles. The highest BCUT2D eigenvalue weighted by Gasteiger charge is 2.55. The maximum atomic E-state index is 13.8. The van der Waals surface area contributed by atoms with Crippen LogP contribution in [-0.4, -0.2) is 101 Å². The van der Waals surface area contributed by atoms with Crippen molar-refractivity contribution >= 4 is 28.9 Å². The maximum Gasteiger partial charge on any atom is 0.338 e. The van der Waals surface area contributed by atoms with Crippen molar-refractivity contribution in [2.45, 2.75) is 75.3 Å². The molecule has 3 heterocycles. The first-order valence-corrected chi connectivity index (χ1v) is 18.4. The second-order valence-electron chi connectivity index (χ2n) is 13.7. The molecule has 0 spiro atoms. The topological polar surface area (TPSA) is 207 Å². The van der Waals surface area contributed by atoms with Gasteiger partial charge < -0.3 is 52.9 Å². The lowest BCUT2D eigenvalue weighted by Crippen LogP contribution is -2.66. The number of aliphatic hydroxyl groups is 3. The van der Waals surface area contributed by atoms with Crippen LogP contribution in [-0.2, 0) is 28.4 Å². The summed E-state index contributed by atoms with van der Waals surface area (Å²) in [7, 11) is 0. The van der Waals surface area contributed by atoms with Gasteiger partial charge in [0.25, 0.3) is 0 Å². The molecule has 3 N–H and O–H groups in total. The number of hydrogen-bond acceptors (Lipinski definition) is 15. The van der Waals surface area contributed by atoms with Gasteiger partial charge in [-0.1, -0.05) is 54.6 Å². The summed E-state index contributed by atoms with van der Waals surface area (Å²) in [4.78, 5) is 53.1. The van der Waals surface area contributed by atoms with E-state index in [1.807, 2.05) is 0 Å². The normalized spacial score (nSPS) is 27.0. The van der Waals surface area contributed by atoms with Gasteiger partial charge in [0.1, 0.15) is 29.6 Å². The van der Waals surface area contributed by atoms with Crippen LogP contribution < -0.4 is 10.4 Å².